The monoisotopic (exact) mass is 403 g/mol. The first kappa shape index (κ1) is 20.0. The van der Waals surface area contributed by atoms with Crippen LogP contribution in [0.1, 0.15) is 28.1 Å². The van der Waals surface area contributed by atoms with Gasteiger partial charge in [0.1, 0.15) is 11.9 Å². The van der Waals surface area contributed by atoms with Crippen molar-refractivity contribution in [3.05, 3.63) is 82.7 Å². The molecule has 0 amide bonds. The number of aryl methyl sites for hydroxylation is 1. The number of hydrogen-bond donors (Lipinski definition) is 2. The van der Waals surface area contributed by atoms with Gasteiger partial charge in [0.05, 0.1) is 18.8 Å². The van der Waals surface area contributed by atoms with Gasteiger partial charge in [-0.1, -0.05) is 48.5 Å². The van der Waals surface area contributed by atoms with Crippen molar-refractivity contribution in [2.45, 2.75) is 39.5 Å². The molecule has 156 valence electrons. The third kappa shape index (κ3) is 4.48. The second-order valence-electron chi connectivity index (χ2n) is 7.65. The van der Waals surface area contributed by atoms with Crippen molar-refractivity contribution in [3.8, 4) is 5.75 Å². The molecule has 1 aliphatic heterocycles. The molecule has 0 saturated carbocycles. The van der Waals surface area contributed by atoms with E-state index in [1.165, 1.54) is 22.4 Å². The first-order chi connectivity index (χ1) is 14.6. The number of hydrogen-bond acceptors (Lipinski definition) is 3. The lowest BCUT2D eigenvalue weighted by Gasteiger charge is -2.16. The molecule has 1 atom stereocenters. The molecule has 3 aromatic rings. The smallest absolute Gasteiger partial charge is 0.191 e. The maximum absolute atomic E-state index is 6.00. The van der Waals surface area contributed by atoms with Crippen molar-refractivity contribution >= 4 is 5.96 Å². The number of nitrogens with one attached hydrogen (secondary N) is 2. The summed E-state index contributed by atoms with van der Waals surface area (Å²) in [5.41, 5.74) is 5.94. The van der Waals surface area contributed by atoms with E-state index in [0.29, 0.717) is 13.1 Å². The number of rotatable bonds is 6. The van der Waals surface area contributed by atoms with Crippen LogP contribution in [0.2, 0.25) is 0 Å². The number of guanidine groups is 1. The lowest BCUT2D eigenvalue weighted by molar-refractivity contribution is 0.235. The fourth-order valence-corrected chi connectivity index (χ4v) is 3.87. The largest absolute Gasteiger partial charge is 0.488 e. The highest BCUT2D eigenvalue weighted by Gasteiger charge is 2.22. The Morgan fingerprint density at radius 1 is 1.10 bits per heavy atom. The third-order valence-corrected chi connectivity index (χ3v) is 5.57. The van der Waals surface area contributed by atoms with Gasteiger partial charge in [0, 0.05) is 31.3 Å². The predicted octanol–water partition coefficient (Wildman–Crippen LogP) is 3.22. The maximum atomic E-state index is 6.00. The van der Waals surface area contributed by atoms with Crippen molar-refractivity contribution in [2.75, 3.05) is 13.6 Å². The van der Waals surface area contributed by atoms with Crippen molar-refractivity contribution in [1.29, 1.82) is 0 Å². The SMILES string of the molecule is CN=C(NCc1c(C)nn(Cc2ccccc2)c1C)NCC1Cc2ccccc2O1. The van der Waals surface area contributed by atoms with E-state index in [1.54, 1.807) is 7.05 Å². The van der Waals surface area contributed by atoms with Gasteiger partial charge >= 0.3 is 0 Å². The van der Waals surface area contributed by atoms with Gasteiger partial charge in [0.2, 0.25) is 0 Å². The minimum Gasteiger partial charge on any atom is -0.488 e. The van der Waals surface area contributed by atoms with Gasteiger partial charge in [0.25, 0.3) is 0 Å². The number of fused-ring (bicyclic) bond motifs is 1. The van der Waals surface area contributed by atoms with E-state index in [1.807, 2.05) is 18.2 Å². The van der Waals surface area contributed by atoms with Crippen molar-refractivity contribution in [3.63, 3.8) is 0 Å². The van der Waals surface area contributed by atoms with Crippen LogP contribution in [0.15, 0.2) is 59.6 Å². The van der Waals surface area contributed by atoms with Gasteiger partial charge < -0.3 is 15.4 Å². The van der Waals surface area contributed by atoms with Crippen molar-refractivity contribution in [1.82, 2.24) is 20.4 Å². The van der Waals surface area contributed by atoms with E-state index < -0.39 is 0 Å². The molecule has 0 fully saturated rings. The number of para-hydroxylation sites is 1. The highest BCUT2D eigenvalue weighted by molar-refractivity contribution is 5.79. The zero-order valence-electron chi connectivity index (χ0n) is 17.9. The van der Waals surface area contributed by atoms with Gasteiger partial charge in [-0.15, -0.1) is 0 Å². The number of nitrogens with zero attached hydrogens (tertiary/aromatic N) is 3. The van der Waals surface area contributed by atoms with E-state index in [0.717, 1.165) is 30.4 Å². The normalized spacial score (nSPS) is 15.6. The Morgan fingerprint density at radius 2 is 1.87 bits per heavy atom. The average Bonchev–Trinajstić information content (AvgIpc) is 3.29. The molecule has 1 aromatic heterocycles. The molecule has 0 bridgehead atoms. The summed E-state index contributed by atoms with van der Waals surface area (Å²) in [6.07, 6.45) is 1.04. The number of ether oxygens (including phenoxy) is 1. The predicted molar refractivity (Wildman–Crippen MR) is 120 cm³/mol. The van der Waals surface area contributed by atoms with Crippen LogP contribution < -0.4 is 15.4 Å². The standard InChI is InChI=1S/C24H29N5O/c1-17-22(18(2)29(28-17)16-19-9-5-4-6-10-19)15-27-24(25-3)26-14-21-13-20-11-7-8-12-23(20)30-21/h4-12,21H,13-16H2,1-3H3,(H2,25,26,27). The lowest BCUT2D eigenvalue weighted by Crippen LogP contribution is -2.42. The molecule has 30 heavy (non-hydrogen) atoms. The molecule has 0 aliphatic carbocycles. The highest BCUT2D eigenvalue weighted by atomic mass is 16.5. The van der Waals surface area contributed by atoms with Crippen LogP contribution in [0.5, 0.6) is 5.75 Å². The minimum atomic E-state index is 0.123. The second kappa shape index (κ2) is 9.03. The Hall–Kier alpha value is -3.28. The topological polar surface area (TPSA) is 63.5 Å². The second-order valence-corrected chi connectivity index (χ2v) is 7.65. The van der Waals surface area contributed by atoms with Gasteiger partial charge in [-0.2, -0.15) is 5.10 Å². The number of benzene rings is 2. The van der Waals surface area contributed by atoms with Crippen LogP contribution >= 0.6 is 0 Å². The first-order valence-corrected chi connectivity index (χ1v) is 10.4. The zero-order chi connectivity index (χ0) is 20.9. The van der Waals surface area contributed by atoms with E-state index in [9.17, 15) is 0 Å². The van der Waals surface area contributed by atoms with Crippen LogP contribution in [0.3, 0.4) is 0 Å². The average molecular weight is 404 g/mol. The third-order valence-electron chi connectivity index (χ3n) is 5.57. The Kier molecular flexibility index (Phi) is 6.02. The van der Waals surface area contributed by atoms with Crippen LogP contribution in [0, 0.1) is 13.8 Å². The van der Waals surface area contributed by atoms with E-state index in [-0.39, 0.29) is 6.10 Å². The van der Waals surface area contributed by atoms with Gasteiger partial charge in [-0.05, 0) is 31.0 Å². The molecule has 4 rings (SSSR count). The molecular weight excluding hydrogens is 374 g/mol. The van der Waals surface area contributed by atoms with E-state index >= 15 is 0 Å². The van der Waals surface area contributed by atoms with Crippen LogP contribution in [-0.2, 0) is 19.5 Å². The Balaban J connectivity index is 1.32. The maximum Gasteiger partial charge on any atom is 0.191 e. The van der Waals surface area contributed by atoms with Gasteiger partial charge in [-0.3, -0.25) is 9.67 Å². The van der Waals surface area contributed by atoms with Gasteiger partial charge in [0.15, 0.2) is 5.96 Å². The Bertz CT molecular complexity index is 1000. The van der Waals surface area contributed by atoms with Gasteiger partial charge in [-0.25, -0.2) is 0 Å². The fraction of sp³-hybridized carbons (Fsp3) is 0.333. The summed E-state index contributed by atoms with van der Waals surface area (Å²) in [6.45, 7) is 6.35. The molecule has 1 unspecified atom stereocenters. The number of aromatic nitrogens is 2. The summed E-state index contributed by atoms with van der Waals surface area (Å²) in [6, 6.07) is 18.6. The van der Waals surface area contributed by atoms with Crippen molar-refractivity contribution in [2.24, 2.45) is 4.99 Å². The van der Waals surface area contributed by atoms with Crippen molar-refractivity contribution < 1.29 is 4.74 Å². The summed E-state index contributed by atoms with van der Waals surface area (Å²) in [5.74, 6) is 1.76. The summed E-state index contributed by atoms with van der Waals surface area (Å²) < 4.78 is 8.08. The first-order valence-electron chi connectivity index (χ1n) is 10.4. The molecule has 1 aliphatic rings. The van der Waals surface area contributed by atoms with Crippen LogP contribution in [0.4, 0.5) is 0 Å². The Labute approximate surface area is 178 Å². The lowest BCUT2D eigenvalue weighted by atomic mass is 10.1. The number of aliphatic imine (C=N–C) groups is 1. The molecule has 6 heteroatoms. The molecule has 0 saturated heterocycles. The van der Waals surface area contributed by atoms with E-state index in [2.05, 4.69) is 70.6 Å². The van der Waals surface area contributed by atoms with E-state index in [4.69, 9.17) is 9.84 Å². The molecule has 2 heterocycles. The van der Waals surface area contributed by atoms with Crippen LogP contribution in [-0.4, -0.2) is 35.4 Å². The molecule has 6 nitrogen and oxygen atoms in total. The highest BCUT2D eigenvalue weighted by Crippen LogP contribution is 2.27. The quantitative estimate of drug-likeness (QED) is 0.490. The van der Waals surface area contributed by atoms with Crippen LogP contribution in [0.25, 0.3) is 0 Å². The fourth-order valence-electron chi connectivity index (χ4n) is 3.87. The zero-order valence-corrected chi connectivity index (χ0v) is 17.9. The molecule has 0 spiro atoms. The summed E-state index contributed by atoms with van der Waals surface area (Å²) in [4.78, 5) is 4.36. The summed E-state index contributed by atoms with van der Waals surface area (Å²) >= 11 is 0. The molecule has 2 aromatic carbocycles. The molecule has 0 radical (unpaired) electrons. The Morgan fingerprint density at radius 3 is 2.63 bits per heavy atom. The summed E-state index contributed by atoms with van der Waals surface area (Å²) in [5, 5.41) is 11.5. The minimum absolute atomic E-state index is 0.123. The summed E-state index contributed by atoms with van der Waals surface area (Å²) in [7, 11) is 1.79. The molecular formula is C24H29N5O. The molecule has 2 N–H and O–H groups in total.